The highest BCUT2D eigenvalue weighted by molar-refractivity contribution is 5.94. The first-order valence-corrected chi connectivity index (χ1v) is 6.88. The summed E-state index contributed by atoms with van der Waals surface area (Å²) in [4.78, 5) is 29.8. The minimum Gasteiger partial charge on any atom is -0.331 e. The Balaban J connectivity index is 2.14. The second-order valence-electron chi connectivity index (χ2n) is 6.00. The van der Waals surface area contributed by atoms with E-state index in [0.29, 0.717) is 25.2 Å². The van der Waals surface area contributed by atoms with E-state index in [1.165, 1.54) is 12.4 Å². The predicted molar refractivity (Wildman–Crippen MR) is 77.8 cm³/mol. The van der Waals surface area contributed by atoms with E-state index in [1.54, 1.807) is 34.9 Å². The van der Waals surface area contributed by atoms with Crippen LogP contribution < -0.4 is 0 Å². The Bertz CT molecular complexity index is 529. The standard InChI is InChI=1S/C14H21N5O2/c1-14(2)10-18(13(21)17(3)4)7-8-19(14)12(20)11-5-6-15-16-9-11/h5-6,9H,7-8,10H2,1-4H3. The van der Waals surface area contributed by atoms with Crippen molar-refractivity contribution >= 4 is 11.9 Å². The Kier molecular flexibility index (Phi) is 4.11. The zero-order chi connectivity index (χ0) is 15.6. The molecule has 0 aromatic carbocycles. The van der Waals surface area contributed by atoms with Gasteiger partial charge in [0.05, 0.1) is 23.5 Å². The van der Waals surface area contributed by atoms with E-state index >= 15 is 0 Å². The normalized spacial score (nSPS) is 17.5. The molecule has 1 aromatic rings. The topological polar surface area (TPSA) is 69.6 Å². The van der Waals surface area contributed by atoms with Gasteiger partial charge in [-0.15, -0.1) is 0 Å². The van der Waals surface area contributed by atoms with Gasteiger partial charge in [0.25, 0.3) is 5.91 Å². The first kappa shape index (κ1) is 15.2. The number of piperazine rings is 1. The molecule has 0 aliphatic carbocycles. The van der Waals surface area contributed by atoms with Crippen molar-refractivity contribution in [2.24, 2.45) is 0 Å². The van der Waals surface area contributed by atoms with Gasteiger partial charge in [-0.3, -0.25) is 4.79 Å². The maximum absolute atomic E-state index is 12.6. The van der Waals surface area contributed by atoms with Crippen LogP contribution in [0.4, 0.5) is 4.79 Å². The molecule has 0 radical (unpaired) electrons. The minimum absolute atomic E-state index is 0.0271. The molecule has 1 saturated heterocycles. The van der Waals surface area contributed by atoms with Crippen molar-refractivity contribution in [3.05, 3.63) is 24.0 Å². The summed E-state index contributed by atoms with van der Waals surface area (Å²) in [7, 11) is 3.46. The number of nitrogens with zero attached hydrogens (tertiary/aromatic N) is 5. The fourth-order valence-electron chi connectivity index (χ4n) is 2.55. The predicted octanol–water partition coefficient (Wildman–Crippen LogP) is 0.695. The van der Waals surface area contributed by atoms with E-state index in [2.05, 4.69) is 10.2 Å². The van der Waals surface area contributed by atoms with Gasteiger partial charge in [0.15, 0.2) is 0 Å². The molecule has 7 heteroatoms. The number of amides is 3. The molecule has 1 aliphatic heterocycles. The van der Waals surface area contributed by atoms with Gasteiger partial charge < -0.3 is 14.7 Å². The van der Waals surface area contributed by atoms with Gasteiger partial charge in [-0.2, -0.15) is 10.2 Å². The molecule has 7 nitrogen and oxygen atoms in total. The van der Waals surface area contributed by atoms with Crippen LogP contribution in [-0.2, 0) is 0 Å². The molecule has 1 aliphatic rings. The van der Waals surface area contributed by atoms with Crippen molar-refractivity contribution in [1.82, 2.24) is 24.9 Å². The maximum atomic E-state index is 12.6. The quantitative estimate of drug-likeness (QED) is 0.763. The molecule has 0 saturated carbocycles. The number of hydrogen-bond acceptors (Lipinski definition) is 4. The van der Waals surface area contributed by atoms with Crippen molar-refractivity contribution in [1.29, 1.82) is 0 Å². The second kappa shape index (κ2) is 5.67. The highest BCUT2D eigenvalue weighted by Gasteiger charge is 2.39. The van der Waals surface area contributed by atoms with Crippen molar-refractivity contribution in [3.8, 4) is 0 Å². The Labute approximate surface area is 124 Å². The van der Waals surface area contributed by atoms with Gasteiger partial charge in [0.1, 0.15) is 0 Å². The number of carbonyl (C=O) groups excluding carboxylic acids is 2. The molecule has 0 spiro atoms. The van der Waals surface area contributed by atoms with Crippen LogP contribution in [0.25, 0.3) is 0 Å². The maximum Gasteiger partial charge on any atom is 0.319 e. The number of rotatable bonds is 1. The van der Waals surface area contributed by atoms with Crippen LogP contribution in [0.5, 0.6) is 0 Å². The Morgan fingerprint density at radius 2 is 1.95 bits per heavy atom. The molecule has 1 aromatic heterocycles. The lowest BCUT2D eigenvalue weighted by molar-refractivity contribution is 0.0240. The van der Waals surface area contributed by atoms with Gasteiger partial charge in [-0.25, -0.2) is 4.79 Å². The molecule has 0 N–H and O–H groups in total. The molecular formula is C14H21N5O2. The van der Waals surface area contributed by atoms with Gasteiger partial charge in [0, 0.05) is 33.7 Å². The van der Waals surface area contributed by atoms with Gasteiger partial charge >= 0.3 is 6.03 Å². The van der Waals surface area contributed by atoms with E-state index < -0.39 is 5.54 Å². The fraction of sp³-hybridized carbons (Fsp3) is 0.571. The molecule has 114 valence electrons. The highest BCUT2D eigenvalue weighted by atomic mass is 16.2. The summed E-state index contributed by atoms with van der Waals surface area (Å²) in [5.74, 6) is -0.0770. The molecule has 21 heavy (non-hydrogen) atoms. The average molecular weight is 291 g/mol. The van der Waals surface area contributed by atoms with Gasteiger partial charge in [-0.05, 0) is 19.9 Å². The minimum atomic E-state index is -0.426. The number of aromatic nitrogens is 2. The van der Waals surface area contributed by atoms with E-state index in [4.69, 9.17) is 0 Å². The third-order valence-electron chi connectivity index (χ3n) is 3.63. The van der Waals surface area contributed by atoms with Crippen LogP contribution in [-0.4, -0.2) is 76.1 Å². The zero-order valence-electron chi connectivity index (χ0n) is 12.9. The Morgan fingerprint density at radius 1 is 1.24 bits per heavy atom. The van der Waals surface area contributed by atoms with Gasteiger partial charge in [0.2, 0.25) is 0 Å². The zero-order valence-corrected chi connectivity index (χ0v) is 12.9. The number of carbonyl (C=O) groups is 2. The summed E-state index contributed by atoms with van der Waals surface area (Å²) in [5, 5.41) is 7.43. The molecule has 2 rings (SSSR count). The molecule has 0 atom stereocenters. The first-order valence-electron chi connectivity index (χ1n) is 6.88. The van der Waals surface area contributed by atoms with Crippen molar-refractivity contribution in [2.45, 2.75) is 19.4 Å². The lowest BCUT2D eigenvalue weighted by atomic mass is 9.98. The van der Waals surface area contributed by atoms with Crippen molar-refractivity contribution in [2.75, 3.05) is 33.7 Å². The summed E-state index contributed by atoms with van der Waals surface area (Å²) in [6.45, 7) is 5.48. The Morgan fingerprint density at radius 3 is 2.48 bits per heavy atom. The summed E-state index contributed by atoms with van der Waals surface area (Å²) >= 11 is 0. The number of urea groups is 1. The smallest absolute Gasteiger partial charge is 0.319 e. The highest BCUT2D eigenvalue weighted by Crippen LogP contribution is 2.23. The van der Waals surface area contributed by atoms with Crippen LogP contribution in [0.1, 0.15) is 24.2 Å². The molecule has 0 unspecified atom stereocenters. The fourth-order valence-corrected chi connectivity index (χ4v) is 2.55. The molecule has 1 fully saturated rings. The van der Waals surface area contributed by atoms with Crippen molar-refractivity contribution in [3.63, 3.8) is 0 Å². The monoisotopic (exact) mass is 291 g/mol. The molecule has 2 heterocycles. The average Bonchev–Trinajstić information content (AvgIpc) is 2.45. The van der Waals surface area contributed by atoms with Crippen LogP contribution in [0.2, 0.25) is 0 Å². The van der Waals surface area contributed by atoms with Crippen LogP contribution in [0, 0.1) is 0 Å². The summed E-state index contributed by atoms with van der Waals surface area (Å²) in [6.07, 6.45) is 2.97. The number of hydrogen-bond donors (Lipinski definition) is 0. The Hall–Kier alpha value is -2.18. The first-order chi connectivity index (χ1) is 9.83. The lowest BCUT2D eigenvalue weighted by Crippen LogP contribution is -2.63. The molecular weight excluding hydrogens is 270 g/mol. The lowest BCUT2D eigenvalue weighted by Gasteiger charge is -2.47. The SMILES string of the molecule is CN(C)C(=O)N1CCN(C(=O)c2ccnnc2)C(C)(C)C1. The van der Waals surface area contributed by atoms with Crippen LogP contribution >= 0.6 is 0 Å². The van der Waals surface area contributed by atoms with E-state index in [1.807, 2.05) is 13.8 Å². The largest absolute Gasteiger partial charge is 0.331 e. The van der Waals surface area contributed by atoms with Crippen LogP contribution in [0.15, 0.2) is 18.5 Å². The molecule has 0 bridgehead atoms. The summed E-state index contributed by atoms with van der Waals surface area (Å²) < 4.78 is 0. The van der Waals surface area contributed by atoms with E-state index in [9.17, 15) is 9.59 Å². The molecule has 3 amide bonds. The van der Waals surface area contributed by atoms with Crippen LogP contribution in [0.3, 0.4) is 0 Å². The van der Waals surface area contributed by atoms with E-state index in [0.717, 1.165) is 0 Å². The van der Waals surface area contributed by atoms with Crippen molar-refractivity contribution < 1.29 is 9.59 Å². The summed E-state index contributed by atoms with van der Waals surface area (Å²) in [6, 6.07) is 1.63. The second-order valence-corrected chi connectivity index (χ2v) is 6.00. The summed E-state index contributed by atoms with van der Waals surface area (Å²) in [5.41, 5.74) is 0.0926. The van der Waals surface area contributed by atoms with Gasteiger partial charge in [-0.1, -0.05) is 0 Å². The third-order valence-corrected chi connectivity index (χ3v) is 3.63. The third kappa shape index (κ3) is 3.12. The van der Waals surface area contributed by atoms with E-state index in [-0.39, 0.29) is 11.9 Å².